The van der Waals surface area contributed by atoms with E-state index in [4.69, 9.17) is 14.6 Å². The molecule has 8 nitrogen and oxygen atoms in total. The zero-order valence-corrected chi connectivity index (χ0v) is 18.6. The van der Waals surface area contributed by atoms with Gasteiger partial charge in [0.2, 0.25) is 0 Å². The van der Waals surface area contributed by atoms with Crippen LogP contribution in [0.4, 0.5) is 24.5 Å². The maximum Gasteiger partial charge on any atom is 0.490 e. The van der Waals surface area contributed by atoms with Crippen LogP contribution in [-0.2, 0) is 4.79 Å². The Hall–Kier alpha value is -3.76. The molecule has 0 aliphatic carbocycles. The van der Waals surface area contributed by atoms with Gasteiger partial charge in [0.25, 0.3) is 5.91 Å². The van der Waals surface area contributed by atoms with Gasteiger partial charge in [0.15, 0.2) is 0 Å². The van der Waals surface area contributed by atoms with Crippen LogP contribution in [0.25, 0.3) is 0 Å². The summed E-state index contributed by atoms with van der Waals surface area (Å²) in [7, 11) is 1.57. The van der Waals surface area contributed by atoms with E-state index in [1.165, 1.54) is 12.5 Å². The number of ether oxygens (including phenoxy) is 1. The maximum absolute atomic E-state index is 12.7. The molecule has 1 amide bonds. The first-order valence-corrected chi connectivity index (χ1v) is 10.3. The van der Waals surface area contributed by atoms with Crippen LogP contribution in [0.5, 0.6) is 5.75 Å². The number of aromatic carboxylic acids is 1. The van der Waals surface area contributed by atoms with E-state index in [9.17, 15) is 27.9 Å². The van der Waals surface area contributed by atoms with Crippen molar-refractivity contribution in [2.45, 2.75) is 25.9 Å². The molecule has 0 spiro atoms. The van der Waals surface area contributed by atoms with Gasteiger partial charge in [0.05, 0.1) is 24.0 Å². The molecule has 1 saturated heterocycles. The topological polar surface area (TPSA) is 116 Å². The summed E-state index contributed by atoms with van der Waals surface area (Å²) < 4.78 is 36.9. The van der Waals surface area contributed by atoms with Crippen LogP contribution >= 0.6 is 0 Å². The average Bonchev–Trinajstić information content (AvgIpc) is 2.78. The molecule has 0 saturated carbocycles. The summed E-state index contributed by atoms with van der Waals surface area (Å²) in [6.07, 6.45) is -2.83. The molecule has 1 heterocycles. The van der Waals surface area contributed by atoms with Crippen molar-refractivity contribution < 1.29 is 42.5 Å². The summed E-state index contributed by atoms with van der Waals surface area (Å²) in [6.45, 7) is 3.98. The van der Waals surface area contributed by atoms with E-state index in [-0.39, 0.29) is 11.5 Å². The number of hydrogen-bond acceptors (Lipinski definition) is 5. The number of alkyl halides is 3. The van der Waals surface area contributed by atoms with E-state index < -0.39 is 18.1 Å². The number of anilines is 2. The van der Waals surface area contributed by atoms with Crippen molar-refractivity contribution in [3.05, 3.63) is 53.6 Å². The lowest BCUT2D eigenvalue weighted by atomic mass is 9.99. The van der Waals surface area contributed by atoms with Crippen molar-refractivity contribution in [3.8, 4) is 5.75 Å². The molecule has 0 aromatic heterocycles. The predicted molar refractivity (Wildman–Crippen MR) is 119 cm³/mol. The van der Waals surface area contributed by atoms with Crippen LogP contribution in [0.15, 0.2) is 42.5 Å². The lowest BCUT2D eigenvalue weighted by Gasteiger charge is -2.34. The van der Waals surface area contributed by atoms with Gasteiger partial charge in [-0.3, -0.25) is 4.79 Å². The maximum atomic E-state index is 12.7. The smallest absolute Gasteiger partial charge is 0.490 e. The van der Waals surface area contributed by atoms with E-state index in [1.807, 2.05) is 0 Å². The van der Waals surface area contributed by atoms with Crippen molar-refractivity contribution >= 4 is 29.2 Å². The molecular weight excluding hydrogens is 457 g/mol. The third kappa shape index (κ3) is 7.39. The molecule has 1 aliphatic rings. The number of nitrogens with zero attached hydrogens (tertiary/aromatic N) is 1. The highest BCUT2D eigenvalue weighted by molar-refractivity contribution is 6.06. The second-order valence-electron chi connectivity index (χ2n) is 7.72. The van der Waals surface area contributed by atoms with E-state index in [0.717, 1.165) is 25.2 Å². The van der Waals surface area contributed by atoms with Crippen LogP contribution in [0.2, 0.25) is 0 Å². The summed E-state index contributed by atoms with van der Waals surface area (Å²) in [5.41, 5.74) is 2.00. The number of piperidine rings is 1. The normalized spacial score (nSPS) is 15.6. The minimum absolute atomic E-state index is 0.147. The van der Waals surface area contributed by atoms with E-state index in [2.05, 4.69) is 17.1 Å². The Bertz CT molecular complexity index is 1020. The summed E-state index contributed by atoms with van der Waals surface area (Å²) in [6, 6.07) is 11.7. The van der Waals surface area contributed by atoms with Gasteiger partial charge >= 0.3 is 18.1 Å². The van der Waals surface area contributed by atoms with E-state index in [1.54, 1.807) is 43.5 Å². The second kappa shape index (κ2) is 11.4. The van der Waals surface area contributed by atoms with E-state index >= 15 is 0 Å². The minimum atomic E-state index is -5.08. The van der Waals surface area contributed by atoms with Crippen molar-refractivity contribution in [1.29, 1.82) is 0 Å². The number of carbonyl (C=O) groups is 3. The van der Waals surface area contributed by atoms with E-state index in [0.29, 0.717) is 22.9 Å². The monoisotopic (exact) mass is 482 g/mol. The standard InChI is InChI=1S/C21H24N2O4.C2HF3O2/c1-14-4-3-11-23(13-14)19-10-7-16(21(25)26)12-18(19)22-20(24)15-5-8-17(27-2)9-6-15;3-2(4,5)1(6)7/h5-10,12,14H,3-4,11,13H2,1-2H3,(H,22,24)(H,25,26);(H,6,7). The molecular formula is C23H25F3N2O6. The number of carboxylic acid groups (broad SMARTS) is 2. The number of halogens is 3. The van der Waals surface area contributed by atoms with Gasteiger partial charge in [-0.05, 0) is 61.2 Å². The summed E-state index contributed by atoms with van der Waals surface area (Å²) in [4.78, 5) is 35.2. The van der Waals surface area contributed by atoms with Crippen molar-refractivity contribution in [2.75, 3.05) is 30.4 Å². The Morgan fingerprint density at radius 2 is 1.65 bits per heavy atom. The fourth-order valence-electron chi connectivity index (χ4n) is 3.39. The molecule has 0 radical (unpaired) electrons. The van der Waals surface area contributed by atoms with Crippen LogP contribution in [-0.4, -0.2) is 54.4 Å². The fraction of sp³-hybridized carbons (Fsp3) is 0.348. The highest BCUT2D eigenvalue weighted by atomic mass is 19.4. The Morgan fingerprint density at radius 1 is 1.06 bits per heavy atom. The zero-order valence-electron chi connectivity index (χ0n) is 18.6. The Morgan fingerprint density at radius 3 is 2.15 bits per heavy atom. The van der Waals surface area contributed by atoms with Gasteiger partial charge < -0.3 is 25.2 Å². The first kappa shape index (κ1) is 26.5. The first-order chi connectivity index (χ1) is 15.9. The SMILES string of the molecule is COc1ccc(C(=O)Nc2cc(C(=O)O)ccc2N2CCCC(C)C2)cc1.O=C(O)C(F)(F)F. The number of hydrogen-bond donors (Lipinski definition) is 3. The van der Waals surface area contributed by atoms with Crippen molar-refractivity contribution in [2.24, 2.45) is 5.92 Å². The second-order valence-corrected chi connectivity index (χ2v) is 7.72. The Balaban J connectivity index is 0.000000509. The van der Waals surface area contributed by atoms with Crippen LogP contribution in [0, 0.1) is 5.92 Å². The van der Waals surface area contributed by atoms with Gasteiger partial charge in [-0.2, -0.15) is 13.2 Å². The molecule has 1 fully saturated rings. The number of benzene rings is 2. The summed E-state index contributed by atoms with van der Waals surface area (Å²) in [5, 5.41) is 19.3. The number of rotatable bonds is 5. The van der Waals surface area contributed by atoms with Gasteiger partial charge in [-0.1, -0.05) is 6.92 Å². The number of carbonyl (C=O) groups excluding carboxylic acids is 1. The Kier molecular flexibility index (Phi) is 8.88. The number of methoxy groups -OCH3 is 1. The molecule has 11 heteroatoms. The largest absolute Gasteiger partial charge is 0.497 e. The first-order valence-electron chi connectivity index (χ1n) is 10.3. The van der Waals surface area contributed by atoms with Gasteiger partial charge in [0, 0.05) is 18.7 Å². The zero-order chi connectivity index (χ0) is 25.5. The Labute approximate surface area is 193 Å². The number of carboxylic acids is 2. The molecule has 3 rings (SSSR count). The molecule has 2 aromatic carbocycles. The third-order valence-electron chi connectivity index (χ3n) is 5.08. The molecule has 2 aromatic rings. The average molecular weight is 482 g/mol. The molecule has 1 atom stereocenters. The number of nitrogens with one attached hydrogen (secondary N) is 1. The van der Waals surface area contributed by atoms with Crippen molar-refractivity contribution in [3.63, 3.8) is 0 Å². The van der Waals surface area contributed by atoms with Crippen LogP contribution < -0.4 is 15.0 Å². The lowest BCUT2D eigenvalue weighted by molar-refractivity contribution is -0.192. The molecule has 3 N–H and O–H groups in total. The third-order valence-corrected chi connectivity index (χ3v) is 5.08. The van der Waals surface area contributed by atoms with Crippen LogP contribution in [0.1, 0.15) is 40.5 Å². The fourth-order valence-corrected chi connectivity index (χ4v) is 3.39. The van der Waals surface area contributed by atoms with Crippen LogP contribution in [0.3, 0.4) is 0 Å². The minimum Gasteiger partial charge on any atom is -0.497 e. The highest BCUT2D eigenvalue weighted by Gasteiger charge is 2.38. The number of amides is 1. The van der Waals surface area contributed by atoms with Gasteiger partial charge in [0.1, 0.15) is 5.75 Å². The predicted octanol–water partition coefficient (Wildman–Crippen LogP) is 4.52. The molecule has 1 aliphatic heterocycles. The molecule has 184 valence electrons. The summed E-state index contributed by atoms with van der Waals surface area (Å²) in [5.74, 6) is -2.84. The van der Waals surface area contributed by atoms with Crippen molar-refractivity contribution in [1.82, 2.24) is 0 Å². The molecule has 1 unspecified atom stereocenters. The highest BCUT2D eigenvalue weighted by Crippen LogP contribution is 2.31. The quantitative estimate of drug-likeness (QED) is 0.574. The molecule has 34 heavy (non-hydrogen) atoms. The number of aliphatic carboxylic acids is 1. The summed E-state index contributed by atoms with van der Waals surface area (Å²) >= 11 is 0. The van der Waals surface area contributed by atoms with Gasteiger partial charge in [-0.15, -0.1) is 0 Å². The lowest BCUT2D eigenvalue weighted by Crippen LogP contribution is -2.35. The van der Waals surface area contributed by atoms with Gasteiger partial charge in [-0.25, -0.2) is 9.59 Å². The molecule has 0 bridgehead atoms.